The van der Waals surface area contributed by atoms with Crippen LogP contribution >= 0.6 is 0 Å². The van der Waals surface area contributed by atoms with Crippen LogP contribution < -0.4 is 10.2 Å². The Morgan fingerprint density at radius 3 is 3.20 bits per heavy atom. The molecule has 0 bridgehead atoms. The third-order valence-electron chi connectivity index (χ3n) is 4.06. The number of anilines is 1. The van der Waals surface area contributed by atoms with Crippen molar-refractivity contribution in [2.24, 2.45) is 0 Å². The number of benzene rings is 1. The summed E-state index contributed by atoms with van der Waals surface area (Å²) in [6.45, 7) is 5.29. The van der Waals surface area contributed by atoms with Gasteiger partial charge in [0.25, 0.3) is 0 Å². The highest BCUT2D eigenvalue weighted by molar-refractivity contribution is 5.94. The molecule has 4 heteroatoms. The fraction of sp³-hybridized carbons (Fsp3) is 0.562. The van der Waals surface area contributed by atoms with E-state index >= 15 is 0 Å². The quantitative estimate of drug-likeness (QED) is 0.891. The van der Waals surface area contributed by atoms with Crippen LogP contribution in [0.25, 0.3) is 0 Å². The summed E-state index contributed by atoms with van der Waals surface area (Å²) in [5, 5.41) is 3.27. The van der Waals surface area contributed by atoms with Crippen LogP contribution in [0.2, 0.25) is 0 Å². The zero-order valence-corrected chi connectivity index (χ0v) is 12.0. The molecule has 0 aromatic heterocycles. The van der Waals surface area contributed by atoms with Crippen molar-refractivity contribution in [3.63, 3.8) is 0 Å². The third kappa shape index (κ3) is 2.86. The van der Waals surface area contributed by atoms with Crippen LogP contribution in [0.1, 0.15) is 24.0 Å². The second-order valence-corrected chi connectivity index (χ2v) is 5.68. The van der Waals surface area contributed by atoms with Gasteiger partial charge in [0.15, 0.2) is 0 Å². The van der Waals surface area contributed by atoms with E-state index in [1.165, 1.54) is 11.1 Å². The number of carbonyl (C=O) groups is 1. The highest BCUT2D eigenvalue weighted by Gasteiger charge is 2.25. The van der Waals surface area contributed by atoms with E-state index in [0.29, 0.717) is 13.0 Å². The van der Waals surface area contributed by atoms with Gasteiger partial charge in [0, 0.05) is 25.3 Å². The Morgan fingerprint density at radius 2 is 2.40 bits per heavy atom. The number of hydrogen-bond donors (Lipinski definition) is 1. The van der Waals surface area contributed by atoms with Gasteiger partial charge in [-0.3, -0.25) is 4.79 Å². The summed E-state index contributed by atoms with van der Waals surface area (Å²) in [4.78, 5) is 14.5. The molecular weight excluding hydrogens is 252 g/mol. The standard InChI is InChI=1S/C16H22N2O2/c1-12-4-5-15-13(9-12)3-2-7-18(15)16(19)10-14-11-17-6-8-20-14/h4-5,9,14,17H,2-3,6-8,10-11H2,1H3. The fourth-order valence-corrected chi connectivity index (χ4v) is 3.04. The Hall–Kier alpha value is -1.39. The minimum atomic E-state index is 0.0204. The molecule has 2 aliphatic heterocycles. The lowest BCUT2D eigenvalue weighted by atomic mass is 9.99. The maximum Gasteiger partial charge on any atom is 0.229 e. The number of amides is 1. The summed E-state index contributed by atoms with van der Waals surface area (Å²) in [5.41, 5.74) is 3.65. The van der Waals surface area contributed by atoms with E-state index in [1.54, 1.807) is 0 Å². The number of aryl methyl sites for hydroxylation is 2. The third-order valence-corrected chi connectivity index (χ3v) is 4.06. The molecule has 20 heavy (non-hydrogen) atoms. The molecule has 2 heterocycles. The molecule has 3 rings (SSSR count). The van der Waals surface area contributed by atoms with Crippen LogP contribution in [0, 0.1) is 6.92 Å². The molecule has 1 unspecified atom stereocenters. The number of morpholine rings is 1. The van der Waals surface area contributed by atoms with Crippen molar-refractivity contribution >= 4 is 11.6 Å². The molecule has 1 atom stereocenters. The first-order valence-electron chi connectivity index (χ1n) is 7.46. The molecule has 1 aromatic carbocycles. The number of ether oxygens (including phenoxy) is 1. The molecule has 0 aliphatic carbocycles. The van der Waals surface area contributed by atoms with E-state index < -0.39 is 0 Å². The van der Waals surface area contributed by atoms with Crippen molar-refractivity contribution < 1.29 is 9.53 Å². The highest BCUT2D eigenvalue weighted by Crippen LogP contribution is 2.28. The van der Waals surface area contributed by atoms with Gasteiger partial charge in [-0.2, -0.15) is 0 Å². The summed E-state index contributed by atoms with van der Waals surface area (Å²) in [5.74, 6) is 0.184. The number of rotatable bonds is 2. The lowest BCUT2D eigenvalue weighted by molar-refractivity contribution is -0.122. The second kappa shape index (κ2) is 5.94. The average molecular weight is 274 g/mol. The van der Waals surface area contributed by atoms with Crippen molar-refractivity contribution in [2.75, 3.05) is 31.1 Å². The molecule has 2 aliphatic rings. The van der Waals surface area contributed by atoms with E-state index in [9.17, 15) is 4.79 Å². The fourth-order valence-electron chi connectivity index (χ4n) is 3.04. The number of hydrogen-bond acceptors (Lipinski definition) is 3. The molecule has 1 amide bonds. The van der Waals surface area contributed by atoms with Crippen LogP contribution in [0.4, 0.5) is 5.69 Å². The highest BCUT2D eigenvalue weighted by atomic mass is 16.5. The van der Waals surface area contributed by atoms with Gasteiger partial charge in [0.05, 0.1) is 19.1 Å². The smallest absolute Gasteiger partial charge is 0.229 e. The summed E-state index contributed by atoms with van der Waals surface area (Å²) in [6.07, 6.45) is 2.61. The molecule has 1 N–H and O–H groups in total. The molecule has 108 valence electrons. The molecule has 1 aromatic rings. The van der Waals surface area contributed by atoms with Gasteiger partial charge < -0.3 is 15.0 Å². The van der Waals surface area contributed by atoms with Crippen molar-refractivity contribution in [1.82, 2.24) is 5.32 Å². The molecule has 0 spiro atoms. The van der Waals surface area contributed by atoms with Crippen molar-refractivity contribution in [2.45, 2.75) is 32.3 Å². The predicted octanol–water partition coefficient (Wildman–Crippen LogP) is 1.65. The average Bonchev–Trinajstić information content (AvgIpc) is 2.47. The molecular formula is C16H22N2O2. The Bertz CT molecular complexity index is 495. The van der Waals surface area contributed by atoms with Crippen LogP contribution in [-0.2, 0) is 16.0 Å². The SMILES string of the molecule is Cc1ccc2c(c1)CCCN2C(=O)CC1CNCCO1. The van der Waals surface area contributed by atoms with E-state index in [4.69, 9.17) is 4.74 Å². The van der Waals surface area contributed by atoms with Gasteiger partial charge in [-0.1, -0.05) is 17.7 Å². The molecule has 1 fully saturated rings. The predicted molar refractivity (Wildman–Crippen MR) is 79.1 cm³/mol. The number of fused-ring (bicyclic) bond motifs is 1. The minimum absolute atomic E-state index is 0.0204. The van der Waals surface area contributed by atoms with Crippen molar-refractivity contribution in [3.05, 3.63) is 29.3 Å². The molecule has 0 radical (unpaired) electrons. The summed E-state index contributed by atoms with van der Waals surface area (Å²) in [6, 6.07) is 6.37. The van der Waals surface area contributed by atoms with Gasteiger partial charge in [-0.25, -0.2) is 0 Å². The Balaban J connectivity index is 1.72. The summed E-state index contributed by atoms with van der Waals surface area (Å²) in [7, 11) is 0. The Labute approximate surface area is 120 Å². The van der Waals surface area contributed by atoms with Crippen LogP contribution in [-0.4, -0.2) is 38.3 Å². The van der Waals surface area contributed by atoms with Gasteiger partial charge in [0.2, 0.25) is 5.91 Å². The largest absolute Gasteiger partial charge is 0.375 e. The van der Waals surface area contributed by atoms with Crippen LogP contribution in [0.15, 0.2) is 18.2 Å². The number of carbonyl (C=O) groups excluding carboxylic acids is 1. The summed E-state index contributed by atoms with van der Waals surface area (Å²) < 4.78 is 5.64. The second-order valence-electron chi connectivity index (χ2n) is 5.68. The van der Waals surface area contributed by atoms with E-state index in [1.807, 2.05) is 4.90 Å². The van der Waals surface area contributed by atoms with Gasteiger partial charge in [-0.05, 0) is 31.4 Å². The van der Waals surface area contributed by atoms with E-state index in [-0.39, 0.29) is 12.0 Å². The zero-order chi connectivity index (χ0) is 13.9. The van der Waals surface area contributed by atoms with Crippen molar-refractivity contribution in [3.8, 4) is 0 Å². The molecule has 4 nitrogen and oxygen atoms in total. The lowest BCUT2D eigenvalue weighted by Crippen LogP contribution is -2.43. The number of nitrogens with one attached hydrogen (secondary N) is 1. The molecule has 0 saturated carbocycles. The topological polar surface area (TPSA) is 41.6 Å². The minimum Gasteiger partial charge on any atom is -0.375 e. The zero-order valence-electron chi connectivity index (χ0n) is 12.0. The lowest BCUT2D eigenvalue weighted by Gasteiger charge is -2.32. The van der Waals surface area contributed by atoms with Gasteiger partial charge >= 0.3 is 0 Å². The van der Waals surface area contributed by atoms with Gasteiger partial charge in [0.1, 0.15) is 0 Å². The normalized spacial score (nSPS) is 22.4. The van der Waals surface area contributed by atoms with Crippen LogP contribution in [0.3, 0.4) is 0 Å². The Morgan fingerprint density at radius 1 is 1.50 bits per heavy atom. The Kier molecular flexibility index (Phi) is 4.03. The van der Waals surface area contributed by atoms with Gasteiger partial charge in [-0.15, -0.1) is 0 Å². The molecule has 1 saturated heterocycles. The first kappa shape index (κ1) is 13.6. The number of nitrogens with zero attached hydrogens (tertiary/aromatic N) is 1. The van der Waals surface area contributed by atoms with Crippen molar-refractivity contribution in [1.29, 1.82) is 0 Å². The maximum absolute atomic E-state index is 12.5. The van der Waals surface area contributed by atoms with E-state index in [0.717, 1.165) is 38.2 Å². The first-order valence-corrected chi connectivity index (χ1v) is 7.46. The van der Waals surface area contributed by atoms with Crippen LogP contribution in [0.5, 0.6) is 0 Å². The maximum atomic E-state index is 12.5. The first-order chi connectivity index (χ1) is 9.74. The van der Waals surface area contributed by atoms with E-state index in [2.05, 4.69) is 30.4 Å². The monoisotopic (exact) mass is 274 g/mol. The summed E-state index contributed by atoms with van der Waals surface area (Å²) >= 11 is 0.